The predicted octanol–water partition coefficient (Wildman–Crippen LogP) is 4.26. The van der Waals surface area contributed by atoms with Gasteiger partial charge in [0.2, 0.25) is 6.33 Å². The minimum absolute atomic E-state index is 0.201. The second-order valence-electron chi connectivity index (χ2n) is 7.64. The van der Waals surface area contributed by atoms with Crippen molar-refractivity contribution < 1.29 is 14.1 Å². The average Bonchev–Trinajstić information content (AvgIpc) is 3.20. The van der Waals surface area contributed by atoms with Crippen LogP contribution in [0.5, 0.6) is 0 Å². The lowest BCUT2D eigenvalue weighted by atomic mass is 9.77. The lowest BCUT2D eigenvalue weighted by Gasteiger charge is -2.32. The summed E-state index contributed by atoms with van der Waals surface area (Å²) >= 11 is 0. The second kappa shape index (κ2) is 9.00. The van der Waals surface area contributed by atoms with E-state index < -0.39 is 5.54 Å². The van der Waals surface area contributed by atoms with Gasteiger partial charge in [-0.05, 0) is 0 Å². The highest BCUT2D eigenvalue weighted by molar-refractivity contribution is 5.69. The molecule has 3 aromatic carbocycles. The van der Waals surface area contributed by atoms with Gasteiger partial charge in [0.25, 0.3) is 0 Å². The van der Waals surface area contributed by atoms with Crippen molar-refractivity contribution in [1.29, 1.82) is 0 Å². The number of carbonyl (C=O) groups excluding carboxylic acids is 1. The number of rotatable bonds is 7. The van der Waals surface area contributed by atoms with Crippen molar-refractivity contribution in [3.05, 3.63) is 126 Å². The number of esters is 1. The lowest BCUT2D eigenvalue weighted by Crippen LogP contribution is -2.57. The smallest absolute Gasteiger partial charge is 0.305 e. The lowest BCUT2D eigenvalue weighted by molar-refractivity contribution is -0.734. The van der Waals surface area contributed by atoms with Crippen molar-refractivity contribution in [2.24, 2.45) is 7.05 Å². The molecule has 0 radical (unpaired) electrons. The molecule has 156 valence electrons. The maximum atomic E-state index is 11.7. The summed E-state index contributed by atoms with van der Waals surface area (Å²) in [6.45, 7) is 0. The zero-order valence-corrected chi connectivity index (χ0v) is 17.9. The fourth-order valence-electron chi connectivity index (χ4n) is 4.29. The van der Waals surface area contributed by atoms with Gasteiger partial charge in [0.05, 0.1) is 20.6 Å². The van der Waals surface area contributed by atoms with Crippen LogP contribution in [0.4, 0.5) is 0 Å². The van der Waals surface area contributed by atoms with E-state index in [9.17, 15) is 4.79 Å². The van der Waals surface area contributed by atoms with E-state index >= 15 is 0 Å². The molecule has 0 spiro atoms. The van der Waals surface area contributed by atoms with Crippen LogP contribution in [0.2, 0.25) is 0 Å². The molecular formula is C27H27N2O2+. The zero-order valence-electron chi connectivity index (χ0n) is 17.9. The quantitative estimate of drug-likeness (QED) is 0.259. The van der Waals surface area contributed by atoms with Crippen LogP contribution < -0.4 is 4.57 Å². The Morgan fingerprint density at radius 1 is 0.839 bits per heavy atom. The number of aromatic nitrogens is 2. The summed E-state index contributed by atoms with van der Waals surface area (Å²) in [7, 11) is 3.45. The van der Waals surface area contributed by atoms with Gasteiger partial charge in [-0.15, -0.1) is 0 Å². The third-order valence-corrected chi connectivity index (χ3v) is 5.81. The Labute approximate surface area is 183 Å². The van der Waals surface area contributed by atoms with Crippen molar-refractivity contribution in [1.82, 2.24) is 4.57 Å². The molecule has 4 nitrogen and oxygen atoms in total. The molecule has 0 aliphatic heterocycles. The number of carbonyl (C=O) groups is 1. The first-order valence-corrected chi connectivity index (χ1v) is 10.5. The van der Waals surface area contributed by atoms with Crippen LogP contribution in [0.1, 0.15) is 28.8 Å². The Morgan fingerprint density at radius 2 is 1.29 bits per heavy atom. The maximum Gasteiger partial charge on any atom is 0.305 e. The number of aryl methyl sites for hydroxylation is 2. The van der Waals surface area contributed by atoms with Gasteiger partial charge in [0.15, 0.2) is 5.54 Å². The maximum absolute atomic E-state index is 11.7. The van der Waals surface area contributed by atoms with Crippen molar-refractivity contribution in [3.63, 3.8) is 0 Å². The van der Waals surface area contributed by atoms with Crippen molar-refractivity contribution in [3.8, 4) is 0 Å². The SMILES string of the molecule is COC(=O)CCc1c[n+](C(c2ccccc2)(c2ccccc2)c2ccccc2)cn1C. The van der Waals surface area contributed by atoms with E-state index in [1.54, 1.807) is 0 Å². The summed E-state index contributed by atoms with van der Waals surface area (Å²) in [5.74, 6) is -0.201. The summed E-state index contributed by atoms with van der Waals surface area (Å²) < 4.78 is 9.19. The van der Waals surface area contributed by atoms with E-state index in [4.69, 9.17) is 4.74 Å². The standard InChI is InChI=1S/C27H27N2O2/c1-28-21-29(20-25(28)18-19-26(30)31-2)27(22-12-6-3-7-13-22,23-14-8-4-9-15-23)24-16-10-5-11-17-24/h3-17,20-21H,18-19H2,1-2H3/q+1. The third kappa shape index (κ3) is 3.89. The van der Waals surface area contributed by atoms with Gasteiger partial charge in [0.1, 0.15) is 11.9 Å². The van der Waals surface area contributed by atoms with E-state index in [0.717, 1.165) is 5.69 Å². The molecule has 4 rings (SSSR count). The Kier molecular flexibility index (Phi) is 5.99. The molecular weight excluding hydrogens is 384 g/mol. The topological polar surface area (TPSA) is 35.1 Å². The van der Waals surface area contributed by atoms with Crippen LogP contribution in [0.15, 0.2) is 104 Å². The molecule has 0 aliphatic carbocycles. The Bertz CT molecular complexity index is 1040. The molecule has 0 saturated heterocycles. The van der Waals surface area contributed by atoms with Gasteiger partial charge in [-0.3, -0.25) is 4.79 Å². The monoisotopic (exact) mass is 411 g/mol. The molecule has 0 unspecified atom stereocenters. The zero-order chi connectivity index (χ0) is 21.7. The first-order chi connectivity index (χ1) is 15.2. The Hall–Kier alpha value is -3.66. The molecule has 0 aliphatic rings. The number of hydrogen-bond donors (Lipinski definition) is 0. The molecule has 0 fully saturated rings. The summed E-state index contributed by atoms with van der Waals surface area (Å²) in [6, 6.07) is 31.7. The average molecular weight is 412 g/mol. The number of ether oxygens (including phenoxy) is 1. The number of benzene rings is 3. The molecule has 1 heterocycles. The second-order valence-corrected chi connectivity index (χ2v) is 7.64. The van der Waals surface area contributed by atoms with E-state index in [2.05, 4.69) is 94.5 Å². The molecule has 4 heteroatoms. The molecule has 0 amide bonds. The van der Waals surface area contributed by atoms with Gasteiger partial charge in [-0.2, -0.15) is 0 Å². The van der Waals surface area contributed by atoms with Gasteiger partial charge < -0.3 is 4.74 Å². The summed E-state index contributed by atoms with van der Waals surface area (Å²) in [5, 5.41) is 0. The molecule has 0 saturated carbocycles. The van der Waals surface area contributed by atoms with E-state index in [0.29, 0.717) is 12.8 Å². The first kappa shape index (κ1) is 20.6. The summed E-state index contributed by atoms with van der Waals surface area (Å²) in [4.78, 5) is 11.7. The largest absolute Gasteiger partial charge is 0.469 e. The van der Waals surface area contributed by atoms with Gasteiger partial charge in [-0.1, -0.05) is 91.0 Å². The van der Waals surface area contributed by atoms with Crippen LogP contribution in [0.25, 0.3) is 0 Å². The third-order valence-electron chi connectivity index (χ3n) is 5.81. The summed E-state index contributed by atoms with van der Waals surface area (Å²) in [5.41, 5.74) is 4.02. The highest BCUT2D eigenvalue weighted by Crippen LogP contribution is 2.36. The van der Waals surface area contributed by atoms with E-state index in [1.165, 1.54) is 23.8 Å². The Morgan fingerprint density at radius 3 is 1.71 bits per heavy atom. The Balaban J connectivity index is 1.97. The van der Waals surface area contributed by atoms with E-state index in [1.807, 2.05) is 25.2 Å². The number of methoxy groups -OCH3 is 1. The normalized spacial score (nSPS) is 11.3. The number of hydrogen-bond acceptors (Lipinski definition) is 2. The van der Waals surface area contributed by atoms with E-state index in [-0.39, 0.29) is 5.97 Å². The van der Waals surface area contributed by atoms with Gasteiger partial charge in [0, 0.05) is 23.1 Å². The number of nitrogens with zero attached hydrogens (tertiary/aromatic N) is 2. The fraction of sp³-hybridized carbons (Fsp3) is 0.185. The summed E-state index contributed by atoms with van der Waals surface area (Å²) in [6.07, 6.45) is 5.23. The first-order valence-electron chi connectivity index (χ1n) is 10.5. The molecule has 4 aromatic rings. The van der Waals surface area contributed by atoms with Gasteiger partial charge in [-0.25, -0.2) is 9.13 Å². The minimum atomic E-state index is -0.551. The van der Waals surface area contributed by atoms with Crippen LogP contribution in [0, 0.1) is 0 Å². The number of imidazole rings is 1. The van der Waals surface area contributed by atoms with Crippen LogP contribution in [-0.2, 0) is 28.5 Å². The van der Waals surface area contributed by atoms with Crippen LogP contribution in [0.3, 0.4) is 0 Å². The molecule has 31 heavy (non-hydrogen) atoms. The molecule has 0 atom stereocenters. The van der Waals surface area contributed by atoms with Crippen LogP contribution in [-0.4, -0.2) is 17.6 Å². The van der Waals surface area contributed by atoms with Crippen LogP contribution >= 0.6 is 0 Å². The highest BCUT2D eigenvalue weighted by atomic mass is 16.5. The van der Waals surface area contributed by atoms with Crippen molar-refractivity contribution >= 4 is 5.97 Å². The molecule has 0 bridgehead atoms. The fourth-order valence-corrected chi connectivity index (χ4v) is 4.29. The highest BCUT2D eigenvalue weighted by Gasteiger charge is 2.43. The molecule has 1 aromatic heterocycles. The van der Waals surface area contributed by atoms with Crippen molar-refractivity contribution in [2.45, 2.75) is 18.4 Å². The van der Waals surface area contributed by atoms with Gasteiger partial charge >= 0.3 is 5.97 Å². The minimum Gasteiger partial charge on any atom is -0.469 e. The van der Waals surface area contributed by atoms with Crippen molar-refractivity contribution in [2.75, 3.05) is 7.11 Å². The predicted molar refractivity (Wildman–Crippen MR) is 121 cm³/mol. The molecule has 0 N–H and O–H groups in total.